The van der Waals surface area contributed by atoms with Gasteiger partial charge in [-0.15, -0.1) is 12.4 Å². The first-order chi connectivity index (χ1) is 8.25. The van der Waals surface area contributed by atoms with Crippen LogP contribution in [0.3, 0.4) is 0 Å². The minimum atomic E-state index is -0.554. The second-order valence-corrected chi connectivity index (χ2v) is 6.47. The van der Waals surface area contributed by atoms with Gasteiger partial charge in [0.1, 0.15) is 5.75 Å². The van der Waals surface area contributed by atoms with Gasteiger partial charge in [-0.1, -0.05) is 26.8 Å². The van der Waals surface area contributed by atoms with Crippen molar-refractivity contribution < 1.29 is 9.84 Å². The molecule has 0 heterocycles. The molecule has 0 unspecified atom stereocenters. The molecule has 1 aromatic carbocycles. The molecule has 0 bridgehead atoms. The fourth-order valence-corrected chi connectivity index (χ4v) is 2.18. The molecule has 3 nitrogen and oxygen atoms in total. The number of benzene rings is 1. The van der Waals surface area contributed by atoms with E-state index in [4.69, 9.17) is 10.5 Å². The number of rotatable bonds is 4. The van der Waals surface area contributed by atoms with Gasteiger partial charge in [0.2, 0.25) is 0 Å². The maximum atomic E-state index is 10.2. The van der Waals surface area contributed by atoms with Gasteiger partial charge in [-0.3, -0.25) is 0 Å². The van der Waals surface area contributed by atoms with Crippen molar-refractivity contribution in [2.75, 3.05) is 7.11 Å². The number of aliphatic hydroxyl groups is 1. The maximum absolute atomic E-state index is 10.2. The van der Waals surface area contributed by atoms with Crippen LogP contribution < -0.4 is 10.5 Å². The molecule has 1 aromatic rings. The molecule has 0 fully saturated rings. The summed E-state index contributed by atoms with van der Waals surface area (Å²) in [6.45, 7) is 6.23. The molecule has 0 aliphatic heterocycles. The van der Waals surface area contributed by atoms with E-state index < -0.39 is 6.10 Å². The van der Waals surface area contributed by atoms with Crippen LogP contribution in [0.1, 0.15) is 38.9 Å². The third kappa shape index (κ3) is 5.30. The average molecular weight is 353 g/mol. The molecule has 0 aromatic heterocycles. The number of ether oxygens (including phenoxy) is 1. The predicted molar refractivity (Wildman–Crippen MR) is 84.9 cm³/mol. The smallest absolute Gasteiger partial charge is 0.133 e. The van der Waals surface area contributed by atoms with Gasteiger partial charge in [0.25, 0.3) is 0 Å². The summed E-state index contributed by atoms with van der Waals surface area (Å²) in [7, 11) is 1.62. The zero-order chi connectivity index (χ0) is 13.9. The standard InChI is InChI=1S/C14H22BrNO2.ClH/c1-14(2,3)13(16)8-11(17)9-5-6-12(18-4)10(15)7-9;/h5-7,11,13,17H,8,16H2,1-4H3;1H/t11-,13-;/m0./s1. The number of hydrogen-bond acceptors (Lipinski definition) is 3. The summed E-state index contributed by atoms with van der Waals surface area (Å²) in [5.41, 5.74) is 6.93. The van der Waals surface area contributed by atoms with E-state index in [1.54, 1.807) is 7.11 Å². The molecule has 2 atom stereocenters. The maximum Gasteiger partial charge on any atom is 0.133 e. The van der Waals surface area contributed by atoms with Gasteiger partial charge < -0.3 is 15.6 Å². The highest BCUT2D eigenvalue weighted by molar-refractivity contribution is 9.10. The summed E-state index contributed by atoms with van der Waals surface area (Å²) < 4.78 is 6.00. The lowest BCUT2D eigenvalue weighted by atomic mass is 9.83. The molecular formula is C14H23BrClNO2. The van der Waals surface area contributed by atoms with Gasteiger partial charge in [-0.2, -0.15) is 0 Å². The van der Waals surface area contributed by atoms with Crippen LogP contribution in [0.25, 0.3) is 0 Å². The lowest BCUT2D eigenvalue weighted by Crippen LogP contribution is -2.36. The van der Waals surface area contributed by atoms with Crippen molar-refractivity contribution in [2.45, 2.75) is 39.3 Å². The Hall–Kier alpha value is -0.290. The van der Waals surface area contributed by atoms with Crippen LogP contribution in [0.5, 0.6) is 5.75 Å². The van der Waals surface area contributed by atoms with Crippen molar-refractivity contribution in [3.05, 3.63) is 28.2 Å². The van der Waals surface area contributed by atoms with Crippen molar-refractivity contribution in [3.63, 3.8) is 0 Å². The summed E-state index contributed by atoms with van der Waals surface area (Å²) in [6, 6.07) is 5.53. The lowest BCUT2D eigenvalue weighted by Gasteiger charge is -2.29. The van der Waals surface area contributed by atoms with Gasteiger partial charge in [0.05, 0.1) is 17.7 Å². The van der Waals surface area contributed by atoms with Crippen LogP contribution in [0.2, 0.25) is 0 Å². The fourth-order valence-electron chi connectivity index (χ4n) is 1.62. The van der Waals surface area contributed by atoms with Crippen LogP contribution in [-0.2, 0) is 0 Å². The average Bonchev–Trinajstić information content (AvgIpc) is 2.27. The van der Waals surface area contributed by atoms with Gasteiger partial charge in [-0.05, 0) is 45.5 Å². The van der Waals surface area contributed by atoms with Crippen LogP contribution >= 0.6 is 28.3 Å². The Balaban J connectivity index is 0.00000324. The second kappa shape index (κ2) is 7.48. The third-order valence-electron chi connectivity index (χ3n) is 3.15. The molecule has 3 N–H and O–H groups in total. The van der Waals surface area contributed by atoms with E-state index in [1.807, 2.05) is 18.2 Å². The molecule has 0 spiro atoms. The third-order valence-corrected chi connectivity index (χ3v) is 3.77. The van der Waals surface area contributed by atoms with Gasteiger partial charge in [0, 0.05) is 6.04 Å². The first kappa shape index (κ1) is 18.7. The molecule has 0 saturated carbocycles. The molecule has 110 valence electrons. The van der Waals surface area contributed by atoms with Crippen LogP contribution in [-0.4, -0.2) is 18.3 Å². The number of halogens is 2. The summed E-state index contributed by atoms with van der Waals surface area (Å²) in [5.74, 6) is 0.756. The summed E-state index contributed by atoms with van der Waals surface area (Å²) in [6.07, 6.45) is -0.0103. The molecular weight excluding hydrogens is 330 g/mol. The molecule has 0 saturated heterocycles. The van der Waals surface area contributed by atoms with Gasteiger partial charge in [0.15, 0.2) is 0 Å². The van der Waals surface area contributed by atoms with E-state index in [0.717, 1.165) is 15.8 Å². The molecule has 0 aliphatic carbocycles. The highest BCUT2D eigenvalue weighted by atomic mass is 79.9. The van der Waals surface area contributed by atoms with Crippen molar-refractivity contribution >= 4 is 28.3 Å². The van der Waals surface area contributed by atoms with Crippen LogP contribution in [0, 0.1) is 5.41 Å². The van der Waals surface area contributed by atoms with Gasteiger partial charge in [-0.25, -0.2) is 0 Å². The minimum absolute atomic E-state index is 0. The van der Waals surface area contributed by atoms with E-state index in [1.165, 1.54) is 0 Å². The number of nitrogens with two attached hydrogens (primary N) is 1. The summed E-state index contributed by atoms with van der Waals surface area (Å²) in [4.78, 5) is 0. The van der Waals surface area contributed by atoms with E-state index in [0.29, 0.717) is 6.42 Å². The highest BCUT2D eigenvalue weighted by Gasteiger charge is 2.24. The highest BCUT2D eigenvalue weighted by Crippen LogP contribution is 2.31. The molecule has 5 heteroatoms. The molecule has 19 heavy (non-hydrogen) atoms. The SMILES string of the molecule is COc1ccc([C@@H](O)C[C@H](N)C(C)(C)C)cc1Br.Cl. The molecule has 0 radical (unpaired) electrons. The normalized spacial score (nSPS) is 14.5. The monoisotopic (exact) mass is 351 g/mol. The molecule has 0 aliphatic rings. The Labute approximate surface area is 130 Å². The summed E-state index contributed by atoms with van der Waals surface area (Å²) in [5, 5.41) is 10.2. The Kier molecular flexibility index (Phi) is 7.37. The number of hydrogen-bond donors (Lipinski definition) is 2. The van der Waals surface area contributed by atoms with E-state index in [9.17, 15) is 5.11 Å². The van der Waals surface area contributed by atoms with Crippen molar-refractivity contribution in [3.8, 4) is 5.75 Å². The first-order valence-corrected chi connectivity index (χ1v) is 6.82. The Morgan fingerprint density at radius 2 is 1.95 bits per heavy atom. The summed E-state index contributed by atoms with van der Waals surface area (Å²) >= 11 is 3.41. The van der Waals surface area contributed by atoms with Crippen molar-refractivity contribution in [1.29, 1.82) is 0 Å². The fraction of sp³-hybridized carbons (Fsp3) is 0.571. The Morgan fingerprint density at radius 1 is 1.37 bits per heavy atom. The minimum Gasteiger partial charge on any atom is -0.496 e. The quantitative estimate of drug-likeness (QED) is 0.869. The van der Waals surface area contributed by atoms with Crippen molar-refractivity contribution in [1.82, 2.24) is 0 Å². The second-order valence-electron chi connectivity index (χ2n) is 5.62. The van der Waals surface area contributed by atoms with Gasteiger partial charge >= 0.3 is 0 Å². The lowest BCUT2D eigenvalue weighted by molar-refractivity contribution is 0.133. The zero-order valence-corrected chi connectivity index (χ0v) is 14.2. The molecule has 0 amide bonds. The predicted octanol–water partition coefficient (Wildman–Crippen LogP) is 3.68. The largest absolute Gasteiger partial charge is 0.496 e. The molecule has 1 rings (SSSR count). The van der Waals surface area contributed by atoms with Crippen molar-refractivity contribution in [2.24, 2.45) is 11.1 Å². The first-order valence-electron chi connectivity index (χ1n) is 6.02. The Bertz CT molecular complexity index is 407. The number of methoxy groups -OCH3 is 1. The zero-order valence-electron chi connectivity index (χ0n) is 11.8. The van der Waals surface area contributed by atoms with E-state index in [2.05, 4.69) is 36.7 Å². The van der Waals surface area contributed by atoms with Crippen LogP contribution in [0.4, 0.5) is 0 Å². The van der Waals surface area contributed by atoms with Crippen LogP contribution in [0.15, 0.2) is 22.7 Å². The topological polar surface area (TPSA) is 55.5 Å². The van der Waals surface area contributed by atoms with E-state index in [-0.39, 0.29) is 23.9 Å². The van der Waals surface area contributed by atoms with E-state index >= 15 is 0 Å². The Morgan fingerprint density at radius 3 is 2.37 bits per heavy atom. The number of aliphatic hydroxyl groups excluding tert-OH is 1.